The van der Waals surface area contributed by atoms with E-state index in [9.17, 15) is 0 Å². The van der Waals surface area contributed by atoms with E-state index in [4.69, 9.17) is 0 Å². The molecule has 0 saturated heterocycles. The van der Waals surface area contributed by atoms with Crippen LogP contribution in [0.3, 0.4) is 0 Å². The van der Waals surface area contributed by atoms with Crippen molar-refractivity contribution in [3.63, 3.8) is 0 Å². The van der Waals surface area contributed by atoms with Crippen molar-refractivity contribution in [2.24, 2.45) is 0 Å². The van der Waals surface area contributed by atoms with Crippen LogP contribution in [0.1, 0.15) is 0 Å². The van der Waals surface area contributed by atoms with Crippen LogP contribution in [0.25, 0.3) is 0 Å². The molecular formula is Bi2I2O. The Morgan fingerprint density at radius 1 is 1.00 bits per heavy atom. The van der Waals surface area contributed by atoms with Crippen molar-refractivity contribution in [2.75, 3.05) is 0 Å². The van der Waals surface area contributed by atoms with Gasteiger partial charge in [0.2, 0.25) is 0 Å². The minimum atomic E-state index is 0. The van der Waals surface area contributed by atoms with Crippen LogP contribution in [0.4, 0.5) is 0 Å². The van der Waals surface area contributed by atoms with Crippen LogP contribution in [-0.2, 0) is 1.40 Å². The van der Waals surface area contributed by atoms with Gasteiger partial charge in [-0.05, 0) is 0 Å². The third-order valence-corrected chi connectivity index (χ3v) is 0. The normalized spacial score (nSPS) is 3.60. The molecule has 0 bridgehead atoms. The van der Waals surface area contributed by atoms with E-state index in [0.717, 1.165) is 0 Å². The van der Waals surface area contributed by atoms with Crippen molar-refractivity contribution in [1.82, 2.24) is 0 Å². The Hall–Kier alpha value is 3.19. The van der Waals surface area contributed by atoms with Crippen molar-refractivity contribution in [2.45, 2.75) is 0 Å². The monoisotopic (exact) mass is 688 g/mol. The molecule has 0 aromatic rings. The average molecular weight is 688 g/mol. The summed E-state index contributed by atoms with van der Waals surface area (Å²) in [7, 11) is 0. The fourth-order valence-electron chi connectivity index (χ4n) is 0. The zero-order valence-corrected chi connectivity index (χ0v) is 13.3. The number of hydrogen-bond acceptors (Lipinski definition) is 1. The maximum absolute atomic E-state index is 4.19. The third-order valence-electron chi connectivity index (χ3n) is 0. The van der Waals surface area contributed by atoms with Crippen molar-refractivity contribution in [1.29, 1.82) is 0 Å². The molecule has 0 amide bonds. The molecule has 5 heavy (non-hydrogen) atoms. The summed E-state index contributed by atoms with van der Waals surface area (Å²) in [4.78, 5) is 0. The van der Waals surface area contributed by atoms with Crippen LogP contribution in [0.5, 0.6) is 0 Å². The molecule has 1 nitrogen and oxygen atoms in total. The maximum atomic E-state index is 4.19. The van der Waals surface area contributed by atoms with E-state index < -0.39 is 0 Å². The van der Waals surface area contributed by atoms with E-state index in [1.165, 1.54) is 0 Å². The molecule has 5 heteroatoms. The molecular weight excluding hydrogens is 688 g/mol. The van der Waals surface area contributed by atoms with Crippen molar-refractivity contribution < 1.29 is 1.40 Å². The van der Waals surface area contributed by atoms with Crippen LogP contribution in [0, 0.1) is 0 Å². The van der Waals surface area contributed by atoms with Gasteiger partial charge in [0.05, 0.1) is 0 Å². The largest absolute Gasteiger partial charge is 0.247 e. The van der Waals surface area contributed by atoms with Gasteiger partial charge in [-0.25, -0.2) is 1.40 Å². The van der Waals surface area contributed by atoms with Crippen LogP contribution in [0.2, 0.25) is 0 Å². The molecule has 0 fully saturated rings. The molecule has 0 rings (SSSR count). The summed E-state index contributed by atoms with van der Waals surface area (Å²) < 4.78 is 4.19. The first-order valence-corrected chi connectivity index (χ1v) is 2.07. The fourth-order valence-corrected chi connectivity index (χ4v) is 0. The third kappa shape index (κ3) is 19.0. The Morgan fingerprint density at radius 2 is 1.00 bits per heavy atom. The van der Waals surface area contributed by atoms with E-state index in [-0.39, 0.29) is 52.4 Å². The average Bonchev–Trinajstić information content (AvgIpc) is 0.918. The van der Waals surface area contributed by atoms with Gasteiger partial charge in [-0.2, -0.15) is 0 Å². The smallest absolute Gasteiger partial charge is 0.124 e. The summed E-state index contributed by atoms with van der Waals surface area (Å²) in [6.45, 7) is 0. The molecule has 0 aliphatic rings. The van der Waals surface area contributed by atoms with Gasteiger partial charge in [-0.15, -0.1) is 0 Å². The first-order chi connectivity index (χ1) is 1.41. The van der Waals surface area contributed by atoms with E-state index in [1.807, 2.05) is 0 Å². The minimum Gasteiger partial charge on any atom is -0.247 e. The predicted molar refractivity (Wildman–Crippen MR) is 40.6 cm³/mol. The fraction of sp³-hybridized carbons (Fsp3) is 0. The molecule has 6 radical (unpaired) electrons. The first-order valence-electron chi connectivity index (χ1n) is 0.309. The van der Waals surface area contributed by atoms with Gasteiger partial charge in [-0.3, -0.25) is 0 Å². The van der Waals surface area contributed by atoms with Crippen LogP contribution in [0.15, 0.2) is 0 Å². The Kier molecular flexibility index (Phi) is 49.3. The van der Waals surface area contributed by atoms with Gasteiger partial charge in [0.15, 0.2) is 0 Å². The molecule has 0 aromatic heterocycles. The second-order valence-electron chi connectivity index (χ2n) is 0.0583. The van der Waals surface area contributed by atoms with Crippen LogP contribution in [-0.4, -0.2) is 52.4 Å². The Bertz CT molecular complexity index is 7.61. The van der Waals surface area contributed by atoms with Gasteiger partial charge < -0.3 is 0 Å². The maximum Gasteiger partial charge on any atom is 0.124 e. The zero-order valence-electron chi connectivity index (χ0n) is 2.06. The zero-order chi connectivity index (χ0) is 2.71. The SMILES string of the molecule is IOI.[Bi].[Bi]. The summed E-state index contributed by atoms with van der Waals surface area (Å²) in [6.07, 6.45) is 0. The number of halogens is 2. The molecule has 0 atom stereocenters. The van der Waals surface area contributed by atoms with Crippen molar-refractivity contribution in [3.8, 4) is 0 Å². The van der Waals surface area contributed by atoms with Crippen LogP contribution < -0.4 is 0 Å². The van der Waals surface area contributed by atoms with Gasteiger partial charge in [-0.1, -0.05) is 0 Å². The first kappa shape index (κ1) is 15.7. The molecule has 0 aliphatic heterocycles. The summed E-state index contributed by atoms with van der Waals surface area (Å²) in [6, 6.07) is 0. The molecule has 0 heterocycles. The van der Waals surface area contributed by atoms with E-state index >= 15 is 0 Å². The van der Waals surface area contributed by atoms with E-state index in [1.54, 1.807) is 46.0 Å². The van der Waals surface area contributed by atoms with Crippen LogP contribution >= 0.6 is 46.0 Å². The van der Waals surface area contributed by atoms with Gasteiger partial charge in [0, 0.05) is 52.4 Å². The Morgan fingerprint density at radius 3 is 1.00 bits per heavy atom. The second kappa shape index (κ2) is 15.7. The predicted octanol–water partition coefficient (Wildman–Crippen LogP) is 0.941. The second-order valence-corrected chi connectivity index (χ2v) is 2.62. The van der Waals surface area contributed by atoms with Gasteiger partial charge >= 0.3 is 0 Å². The molecule has 0 aliphatic carbocycles. The van der Waals surface area contributed by atoms with Crippen molar-refractivity contribution >= 4 is 98.4 Å². The summed E-state index contributed by atoms with van der Waals surface area (Å²) in [5.41, 5.74) is 0. The van der Waals surface area contributed by atoms with Gasteiger partial charge in [0.1, 0.15) is 46.0 Å². The Labute approximate surface area is 97.6 Å². The van der Waals surface area contributed by atoms with Gasteiger partial charge in [0.25, 0.3) is 0 Å². The summed E-state index contributed by atoms with van der Waals surface area (Å²) >= 11 is 3.55. The summed E-state index contributed by atoms with van der Waals surface area (Å²) in [5.74, 6) is 0. The Balaban J connectivity index is -0.0000000200. The molecule has 0 aromatic carbocycles. The standard InChI is InChI=1S/2Bi.I2O/c;;1-3-2. The van der Waals surface area contributed by atoms with E-state index in [2.05, 4.69) is 1.40 Å². The summed E-state index contributed by atoms with van der Waals surface area (Å²) in [5, 5.41) is 0. The molecule has 0 unspecified atom stereocenters. The molecule has 30 valence electrons. The molecule has 0 spiro atoms. The van der Waals surface area contributed by atoms with E-state index in [0.29, 0.717) is 0 Å². The molecule has 0 N–H and O–H groups in total. The number of rotatable bonds is 0. The quantitative estimate of drug-likeness (QED) is 0.273. The van der Waals surface area contributed by atoms with Crippen molar-refractivity contribution in [3.05, 3.63) is 0 Å². The molecule has 0 saturated carbocycles. The minimum absolute atomic E-state index is 0. The topological polar surface area (TPSA) is 9.23 Å². The number of hydrogen-bond donors (Lipinski definition) is 0.